The molecule has 0 heterocycles. The van der Waals surface area contributed by atoms with E-state index in [9.17, 15) is 19.5 Å². The molecule has 0 aliphatic heterocycles. The van der Waals surface area contributed by atoms with Crippen LogP contribution in [0.1, 0.15) is 31.9 Å². The number of benzene rings is 1. The number of alkyl carbamates (subject to hydrolysis) is 1. The number of carboxylic acids is 1. The third kappa shape index (κ3) is 7.39. The lowest BCUT2D eigenvalue weighted by molar-refractivity contribution is -0.139. The van der Waals surface area contributed by atoms with E-state index in [1.807, 2.05) is 0 Å². The molecule has 2 amide bonds. The van der Waals surface area contributed by atoms with Gasteiger partial charge in [0.2, 0.25) is 6.41 Å². The van der Waals surface area contributed by atoms with Crippen LogP contribution in [0.15, 0.2) is 29.4 Å². The van der Waals surface area contributed by atoms with Crippen LogP contribution in [0, 0.1) is 0 Å². The molecular formula is C16H21N3O5. The maximum Gasteiger partial charge on any atom is 0.408 e. The molecule has 0 saturated heterocycles. The van der Waals surface area contributed by atoms with Crippen molar-refractivity contribution < 1.29 is 24.2 Å². The lowest BCUT2D eigenvalue weighted by Crippen LogP contribution is -2.44. The highest BCUT2D eigenvalue weighted by Gasteiger charge is 2.24. The van der Waals surface area contributed by atoms with Gasteiger partial charge in [-0.05, 0) is 31.9 Å². The van der Waals surface area contributed by atoms with Gasteiger partial charge in [-0.2, -0.15) is 5.10 Å². The maximum absolute atomic E-state index is 11.7. The van der Waals surface area contributed by atoms with Crippen molar-refractivity contribution in [1.82, 2.24) is 10.7 Å². The first kappa shape index (κ1) is 19.1. The Bertz CT molecular complexity index is 605. The number of hydrogen-bond donors (Lipinski definition) is 3. The lowest BCUT2D eigenvalue weighted by atomic mass is 10.0. The number of aliphatic carboxylic acids is 1. The smallest absolute Gasteiger partial charge is 0.408 e. The van der Waals surface area contributed by atoms with Crippen LogP contribution in [-0.4, -0.2) is 41.4 Å². The number of nitrogens with zero attached hydrogens (tertiary/aromatic N) is 1. The number of carbonyl (C=O) groups is 3. The summed E-state index contributed by atoms with van der Waals surface area (Å²) in [5.41, 5.74) is 2.90. The van der Waals surface area contributed by atoms with Crippen molar-refractivity contribution in [3.05, 3.63) is 35.4 Å². The Hall–Kier alpha value is -2.90. The zero-order chi connectivity index (χ0) is 18.2. The van der Waals surface area contributed by atoms with Gasteiger partial charge in [-0.3, -0.25) is 4.79 Å². The Morgan fingerprint density at radius 1 is 1.29 bits per heavy atom. The molecular weight excluding hydrogens is 314 g/mol. The molecule has 1 aromatic carbocycles. The van der Waals surface area contributed by atoms with Crippen LogP contribution in [-0.2, 0) is 20.7 Å². The molecule has 1 aromatic rings. The highest BCUT2D eigenvalue weighted by atomic mass is 16.6. The SMILES string of the molecule is CC(C)(C)OC(=O)NC(Cc1ccc(C=NNC=O)cc1)C(=O)O. The second-order valence-corrected chi connectivity index (χ2v) is 5.99. The molecule has 1 rings (SSSR count). The molecule has 0 saturated carbocycles. The Morgan fingerprint density at radius 2 is 1.92 bits per heavy atom. The van der Waals surface area contributed by atoms with E-state index in [1.54, 1.807) is 45.0 Å². The van der Waals surface area contributed by atoms with Crippen LogP contribution in [0.3, 0.4) is 0 Å². The number of hydrogen-bond acceptors (Lipinski definition) is 5. The summed E-state index contributed by atoms with van der Waals surface area (Å²) >= 11 is 0. The van der Waals surface area contributed by atoms with E-state index in [4.69, 9.17) is 4.74 Å². The Morgan fingerprint density at radius 3 is 2.42 bits per heavy atom. The molecule has 24 heavy (non-hydrogen) atoms. The van der Waals surface area contributed by atoms with Crippen molar-refractivity contribution in [1.29, 1.82) is 0 Å². The summed E-state index contributed by atoms with van der Waals surface area (Å²) in [6.07, 6.45) is 1.23. The average Bonchev–Trinajstić information content (AvgIpc) is 2.46. The molecule has 0 aliphatic carbocycles. The fourth-order valence-electron chi connectivity index (χ4n) is 1.77. The van der Waals surface area contributed by atoms with Crippen molar-refractivity contribution in [2.75, 3.05) is 0 Å². The predicted octanol–water partition coefficient (Wildman–Crippen LogP) is 1.29. The molecule has 0 aliphatic rings. The summed E-state index contributed by atoms with van der Waals surface area (Å²) in [5, 5.41) is 15.2. The number of amides is 2. The third-order valence-electron chi connectivity index (χ3n) is 2.75. The number of hydrazone groups is 1. The average molecular weight is 335 g/mol. The van der Waals surface area contributed by atoms with Crippen LogP contribution < -0.4 is 10.7 Å². The second kappa shape index (κ2) is 8.66. The van der Waals surface area contributed by atoms with E-state index >= 15 is 0 Å². The lowest BCUT2D eigenvalue weighted by Gasteiger charge is -2.22. The molecule has 0 spiro atoms. The minimum atomic E-state index is -1.15. The molecule has 0 fully saturated rings. The van der Waals surface area contributed by atoms with Crippen molar-refractivity contribution in [2.24, 2.45) is 5.10 Å². The van der Waals surface area contributed by atoms with E-state index in [2.05, 4.69) is 15.8 Å². The van der Waals surface area contributed by atoms with Gasteiger partial charge in [0.05, 0.1) is 6.21 Å². The first-order chi connectivity index (χ1) is 11.2. The van der Waals surface area contributed by atoms with Gasteiger partial charge in [-0.15, -0.1) is 0 Å². The molecule has 0 radical (unpaired) electrons. The Balaban J connectivity index is 2.70. The quantitative estimate of drug-likeness (QED) is 0.394. The number of rotatable bonds is 7. The minimum Gasteiger partial charge on any atom is -0.480 e. The van der Waals surface area contributed by atoms with Crippen LogP contribution in [0.25, 0.3) is 0 Å². The van der Waals surface area contributed by atoms with Gasteiger partial charge in [0.1, 0.15) is 11.6 Å². The number of carbonyl (C=O) groups excluding carboxylic acids is 2. The van der Waals surface area contributed by atoms with E-state index in [0.29, 0.717) is 6.41 Å². The summed E-state index contributed by atoms with van der Waals surface area (Å²) in [6.45, 7) is 5.09. The molecule has 0 aromatic heterocycles. The molecule has 1 atom stereocenters. The van der Waals surface area contributed by atoms with Crippen LogP contribution in [0.5, 0.6) is 0 Å². The Kier molecular flexibility index (Phi) is 6.91. The maximum atomic E-state index is 11.7. The summed E-state index contributed by atoms with van der Waals surface area (Å²) in [4.78, 5) is 33.1. The first-order valence-electron chi connectivity index (χ1n) is 7.25. The van der Waals surface area contributed by atoms with Gasteiger partial charge in [0.15, 0.2) is 0 Å². The monoisotopic (exact) mass is 335 g/mol. The van der Waals surface area contributed by atoms with Crippen molar-refractivity contribution in [2.45, 2.75) is 38.8 Å². The largest absolute Gasteiger partial charge is 0.480 e. The normalized spacial score (nSPS) is 12.5. The molecule has 0 bridgehead atoms. The fourth-order valence-corrected chi connectivity index (χ4v) is 1.77. The zero-order valence-electron chi connectivity index (χ0n) is 13.8. The summed E-state index contributed by atoms with van der Waals surface area (Å²) in [7, 11) is 0. The van der Waals surface area contributed by atoms with E-state index in [0.717, 1.165) is 11.1 Å². The number of ether oxygens (including phenoxy) is 1. The summed E-state index contributed by atoms with van der Waals surface area (Å²) in [5.74, 6) is -1.15. The van der Waals surface area contributed by atoms with E-state index < -0.39 is 23.7 Å². The van der Waals surface area contributed by atoms with Crippen LogP contribution in [0.2, 0.25) is 0 Å². The standard InChI is InChI=1S/C16H21N3O5/c1-16(2,3)24-15(23)19-13(14(21)22)8-11-4-6-12(7-5-11)9-17-18-10-20/h4-7,9-10,13H,8H2,1-3H3,(H,18,20)(H,19,23)(H,21,22). The number of carboxylic acid groups (broad SMARTS) is 1. The zero-order valence-corrected chi connectivity index (χ0v) is 13.8. The second-order valence-electron chi connectivity index (χ2n) is 5.99. The molecule has 8 nitrogen and oxygen atoms in total. The van der Waals surface area contributed by atoms with Gasteiger partial charge < -0.3 is 15.2 Å². The number of nitrogens with one attached hydrogen (secondary N) is 2. The van der Waals surface area contributed by atoms with Crippen molar-refractivity contribution in [3.63, 3.8) is 0 Å². The third-order valence-corrected chi connectivity index (χ3v) is 2.75. The van der Waals surface area contributed by atoms with Gasteiger partial charge in [0.25, 0.3) is 0 Å². The topological polar surface area (TPSA) is 117 Å². The van der Waals surface area contributed by atoms with E-state index in [-0.39, 0.29) is 6.42 Å². The minimum absolute atomic E-state index is 0.110. The van der Waals surface area contributed by atoms with Gasteiger partial charge in [0, 0.05) is 6.42 Å². The van der Waals surface area contributed by atoms with Gasteiger partial charge >= 0.3 is 12.1 Å². The molecule has 8 heteroatoms. The highest BCUT2D eigenvalue weighted by molar-refractivity contribution is 5.81. The summed E-state index contributed by atoms with van der Waals surface area (Å²) < 4.78 is 5.06. The molecule has 3 N–H and O–H groups in total. The predicted molar refractivity (Wildman–Crippen MR) is 87.7 cm³/mol. The first-order valence-corrected chi connectivity index (χ1v) is 7.25. The van der Waals surface area contributed by atoms with Gasteiger partial charge in [-0.1, -0.05) is 24.3 Å². The van der Waals surface area contributed by atoms with Crippen LogP contribution in [0.4, 0.5) is 4.79 Å². The van der Waals surface area contributed by atoms with Crippen molar-refractivity contribution >= 4 is 24.7 Å². The van der Waals surface area contributed by atoms with Crippen LogP contribution >= 0.6 is 0 Å². The van der Waals surface area contributed by atoms with E-state index in [1.165, 1.54) is 6.21 Å². The highest BCUT2D eigenvalue weighted by Crippen LogP contribution is 2.09. The fraction of sp³-hybridized carbons (Fsp3) is 0.375. The summed E-state index contributed by atoms with van der Waals surface area (Å²) in [6, 6.07) is 5.77. The molecule has 1 unspecified atom stereocenters. The molecule has 130 valence electrons. The van der Waals surface area contributed by atoms with Crippen molar-refractivity contribution in [3.8, 4) is 0 Å². The van der Waals surface area contributed by atoms with Gasteiger partial charge in [-0.25, -0.2) is 15.0 Å². The Labute approximate surface area is 139 Å².